The largest absolute Gasteiger partial charge is 0.478 e. The molecule has 0 aliphatic carbocycles. The van der Waals surface area contributed by atoms with Crippen molar-refractivity contribution >= 4 is 17.6 Å². The molecule has 1 heterocycles. The third-order valence-electron chi connectivity index (χ3n) is 2.73. The molecule has 0 unspecified atom stereocenters. The van der Waals surface area contributed by atoms with Crippen LogP contribution in [-0.2, 0) is 0 Å². The molecule has 2 N–H and O–H groups in total. The van der Waals surface area contributed by atoms with E-state index in [-0.39, 0.29) is 11.1 Å². The van der Waals surface area contributed by atoms with Crippen LogP contribution in [0.15, 0.2) is 36.5 Å². The summed E-state index contributed by atoms with van der Waals surface area (Å²) in [4.78, 5) is 26.1. The lowest BCUT2D eigenvalue weighted by Gasteiger charge is -2.09. The van der Waals surface area contributed by atoms with E-state index in [1.165, 1.54) is 36.5 Å². The molecule has 0 aliphatic rings. The summed E-state index contributed by atoms with van der Waals surface area (Å²) in [5.41, 5.74) is 0.938. The second-order valence-corrected chi connectivity index (χ2v) is 4.13. The fourth-order valence-corrected chi connectivity index (χ4v) is 1.68. The second kappa shape index (κ2) is 5.48. The molecule has 102 valence electrons. The molecule has 0 atom stereocenters. The van der Waals surface area contributed by atoms with Gasteiger partial charge >= 0.3 is 5.97 Å². The van der Waals surface area contributed by atoms with Crippen LogP contribution >= 0.6 is 0 Å². The van der Waals surface area contributed by atoms with Gasteiger partial charge in [0.15, 0.2) is 0 Å². The summed E-state index contributed by atoms with van der Waals surface area (Å²) in [5.74, 6) is -2.55. The summed E-state index contributed by atoms with van der Waals surface area (Å²) in [6.45, 7) is 1.65. The smallest absolute Gasteiger partial charge is 0.335 e. The quantitative estimate of drug-likeness (QED) is 0.843. The highest BCUT2D eigenvalue weighted by Gasteiger charge is 2.13. The topological polar surface area (TPSA) is 79.3 Å². The van der Waals surface area contributed by atoms with E-state index >= 15 is 0 Å². The lowest BCUT2D eigenvalue weighted by atomic mass is 10.1. The monoisotopic (exact) mass is 274 g/mol. The average Bonchev–Trinajstić information content (AvgIpc) is 2.41. The molecule has 1 aromatic carbocycles. The van der Waals surface area contributed by atoms with Gasteiger partial charge < -0.3 is 10.4 Å². The highest BCUT2D eigenvalue weighted by Crippen LogP contribution is 2.18. The first-order chi connectivity index (χ1) is 9.49. The van der Waals surface area contributed by atoms with Gasteiger partial charge in [0.2, 0.25) is 5.95 Å². The molecule has 0 radical (unpaired) electrons. The molecule has 0 aliphatic heterocycles. The van der Waals surface area contributed by atoms with E-state index in [0.717, 1.165) is 0 Å². The molecule has 0 bridgehead atoms. The average molecular weight is 274 g/mol. The number of halogens is 1. The number of amides is 1. The number of aryl methyl sites for hydroxylation is 1. The Labute approximate surface area is 114 Å². The molecule has 0 spiro atoms. The highest BCUT2D eigenvalue weighted by molar-refractivity contribution is 6.04. The van der Waals surface area contributed by atoms with Gasteiger partial charge in [-0.3, -0.25) is 4.79 Å². The van der Waals surface area contributed by atoms with Crippen LogP contribution in [0.2, 0.25) is 0 Å². The number of anilines is 1. The van der Waals surface area contributed by atoms with Gasteiger partial charge in [-0.1, -0.05) is 0 Å². The molecule has 5 nitrogen and oxygen atoms in total. The van der Waals surface area contributed by atoms with Crippen LogP contribution in [0.3, 0.4) is 0 Å². The van der Waals surface area contributed by atoms with Crippen molar-refractivity contribution in [2.75, 3.05) is 5.32 Å². The van der Waals surface area contributed by atoms with Crippen molar-refractivity contribution in [3.8, 4) is 0 Å². The number of carbonyl (C=O) groups is 2. The number of carboxylic acid groups (broad SMARTS) is 1. The first kappa shape index (κ1) is 13.7. The van der Waals surface area contributed by atoms with Crippen LogP contribution in [0, 0.1) is 12.9 Å². The maximum Gasteiger partial charge on any atom is 0.335 e. The van der Waals surface area contributed by atoms with Gasteiger partial charge in [-0.05, 0) is 42.8 Å². The molecule has 1 amide bonds. The van der Waals surface area contributed by atoms with Crippen LogP contribution in [0.5, 0.6) is 0 Å². The Balaban J connectivity index is 2.25. The van der Waals surface area contributed by atoms with Gasteiger partial charge in [0.25, 0.3) is 5.91 Å². The molecule has 2 aromatic rings. The first-order valence-electron chi connectivity index (χ1n) is 5.75. The van der Waals surface area contributed by atoms with Crippen molar-refractivity contribution in [3.05, 3.63) is 59.2 Å². The second-order valence-electron chi connectivity index (χ2n) is 4.13. The maximum absolute atomic E-state index is 13.4. The molecule has 0 saturated heterocycles. The van der Waals surface area contributed by atoms with E-state index in [1.54, 1.807) is 6.92 Å². The Bertz CT molecular complexity index is 686. The Hall–Kier alpha value is -2.76. The fourth-order valence-electron chi connectivity index (χ4n) is 1.68. The molecule has 2 rings (SSSR count). The lowest BCUT2D eigenvalue weighted by molar-refractivity contribution is 0.0696. The Morgan fingerprint density at radius 2 is 2.05 bits per heavy atom. The van der Waals surface area contributed by atoms with Gasteiger partial charge in [0.1, 0.15) is 0 Å². The Kier molecular flexibility index (Phi) is 3.74. The minimum atomic E-state index is -1.05. The number of rotatable bonds is 3. The molecule has 0 fully saturated rings. The minimum Gasteiger partial charge on any atom is -0.478 e. The molecular weight excluding hydrogens is 263 g/mol. The summed E-state index contributed by atoms with van der Waals surface area (Å²) >= 11 is 0. The van der Waals surface area contributed by atoms with Crippen molar-refractivity contribution in [1.29, 1.82) is 0 Å². The predicted molar refractivity (Wildman–Crippen MR) is 70.3 cm³/mol. The zero-order valence-corrected chi connectivity index (χ0v) is 10.6. The van der Waals surface area contributed by atoms with E-state index in [9.17, 15) is 14.0 Å². The van der Waals surface area contributed by atoms with Gasteiger partial charge in [-0.25, -0.2) is 9.78 Å². The summed E-state index contributed by atoms with van der Waals surface area (Å²) < 4.78 is 13.4. The fraction of sp³-hybridized carbons (Fsp3) is 0.0714. The Morgan fingerprint density at radius 3 is 2.65 bits per heavy atom. The first-order valence-corrected chi connectivity index (χ1v) is 5.75. The van der Waals surface area contributed by atoms with E-state index < -0.39 is 17.8 Å². The predicted octanol–water partition coefficient (Wildman–Crippen LogP) is 2.48. The molecule has 1 aromatic heterocycles. The molecule has 6 heteroatoms. The van der Waals surface area contributed by atoms with Crippen molar-refractivity contribution in [2.24, 2.45) is 0 Å². The zero-order chi connectivity index (χ0) is 14.7. The van der Waals surface area contributed by atoms with Gasteiger partial charge in [-0.2, -0.15) is 4.39 Å². The standard InChI is InChI=1S/C14H11FN2O3/c1-8-7-9(14(19)20)4-5-11(8)17-13(18)10-3-2-6-16-12(10)15/h2-7H,1H3,(H,17,18)(H,19,20). The van der Waals surface area contributed by atoms with Gasteiger partial charge in [-0.15, -0.1) is 0 Å². The SMILES string of the molecule is Cc1cc(C(=O)O)ccc1NC(=O)c1cccnc1F. The van der Waals surface area contributed by atoms with E-state index in [4.69, 9.17) is 5.11 Å². The van der Waals surface area contributed by atoms with Crippen molar-refractivity contribution in [1.82, 2.24) is 4.98 Å². The van der Waals surface area contributed by atoms with Crippen LogP contribution in [-0.4, -0.2) is 22.0 Å². The molecular formula is C14H11FN2O3. The van der Waals surface area contributed by atoms with Crippen LogP contribution < -0.4 is 5.32 Å². The van der Waals surface area contributed by atoms with Crippen LogP contribution in [0.1, 0.15) is 26.3 Å². The number of carbonyl (C=O) groups excluding carboxylic acids is 1. The summed E-state index contributed by atoms with van der Waals surface area (Å²) in [6.07, 6.45) is 1.25. The number of aromatic nitrogens is 1. The number of hydrogen-bond donors (Lipinski definition) is 2. The number of nitrogens with zero attached hydrogens (tertiary/aromatic N) is 1. The number of pyridine rings is 1. The van der Waals surface area contributed by atoms with E-state index in [0.29, 0.717) is 11.3 Å². The molecule has 0 saturated carbocycles. The maximum atomic E-state index is 13.4. The number of aromatic carboxylic acids is 1. The number of nitrogens with one attached hydrogen (secondary N) is 1. The van der Waals surface area contributed by atoms with E-state index in [1.807, 2.05) is 0 Å². The summed E-state index contributed by atoms with van der Waals surface area (Å²) in [7, 11) is 0. The van der Waals surface area contributed by atoms with Crippen molar-refractivity contribution in [2.45, 2.75) is 6.92 Å². The van der Waals surface area contributed by atoms with Crippen LogP contribution in [0.4, 0.5) is 10.1 Å². The third kappa shape index (κ3) is 2.80. The summed E-state index contributed by atoms with van der Waals surface area (Å²) in [6, 6.07) is 7.03. The third-order valence-corrected chi connectivity index (χ3v) is 2.73. The van der Waals surface area contributed by atoms with Crippen molar-refractivity contribution < 1.29 is 19.1 Å². The van der Waals surface area contributed by atoms with Gasteiger partial charge in [0, 0.05) is 11.9 Å². The van der Waals surface area contributed by atoms with Gasteiger partial charge in [0.05, 0.1) is 11.1 Å². The lowest BCUT2D eigenvalue weighted by Crippen LogP contribution is -2.15. The normalized spacial score (nSPS) is 10.1. The highest BCUT2D eigenvalue weighted by atomic mass is 19.1. The Morgan fingerprint density at radius 1 is 1.30 bits per heavy atom. The minimum absolute atomic E-state index is 0.119. The number of benzene rings is 1. The summed E-state index contributed by atoms with van der Waals surface area (Å²) in [5, 5.41) is 11.4. The van der Waals surface area contributed by atoms with E-state index in [2.05, 4.69) is 10.3 Å². The zero-order valence-electron chi connectivity index (χ0n) is 10.6. The molecule has 20 heavy (non-hydrogen) atoms. The van der Waals surface area contributed by atoms with Crippen LogP contribution in [0.25, 0.3) is 0 Å². The number of carboxylic acids is 1. The van der Waals surface area contributed by atoms with Crippen molar-refractivity contribution in [3.63, 3.8) is 0 Å². The number of hydrogen-bond acceptors (Lipinski definition) is 3.